The molecule has 8 nitrogen and oxygen atoms in total. The van der Waals surface area contributed by atoms with Gasteiger partial charge in [-0.2, -0.15) is 0 Å². The van der Waals surface area contributed by atoms with Crippen LogP contribution in [0.25, 0.3) is 11.0 Å². The number of nitrogens with zero attached hydrogens (tertiary/aromatic N) is 2. The fourth-order valence-corrected chi connectivity index (χ4v) is 3.34. The highest BCUT2D eigenvalue weighted by atomic mass is 19.1. The fourth-order valence-electron chi connectivity index (χ4n) is 3.34. The number of carbonyl (C=O) groups is 2. The molecule has 4 rings (SSSR count). The molecule has 4 aromatic rings. The van der Waals surface area contributed by atoms with Gasteiger partial charge in [-0.15, -0.1) is 0 Å². The Hall–Kier alpha value is -4.21. The number of aryl methyl sites for hydroxylation is 1. The molecule has 0 spiro atoms. The number of ether oxygens (including phenoxy) is 1. The SMILES string of the molecule is COC(=O)c1c(NC(=O)c2ccco2)c2cc(NCc3c(F)cccc3F)cnc2n1C. The number of fused-ring (bicyclic) bond motifs is 1. The molecule has 3 heterocycles. The molecular weight excluding hydrogens is 422 g/mol. The molecule has 1 amide bonds. The molecule has 0 radical (unpaired) electrons. The molecule has 0 atom stereocenters. The second kappa shape index (κ2) is 8.50. The van der Waals surface area contributed by atoms with Gasteiger partial charge in [0.2, 0.25) is 0 Å². The Morgan fingerprint density at radius 3 is 2.59 bits per heavy atom. The number of anilines is 2. The van der Waals surface area contributed by atoms with Gasteiger partial charge in [0.05, 0.1) is 30.9 Å². The monoisotopic (exact) mass is 440 g/mol. The van der Waals surface area contributed by atoms with Gasteiger partial charge < -0.3 is 24.4 Å². The van der Waals surface area contributed by atoms with Crippen LogP contribution in [-0.2, 0) is 18.3 Å². The number of hydrogen-bond donors (Lipinski definition) is 2. The minimum absolute atomic E-state index is 0.0510. The number of rotatable bonds is 6. The van der Waals surface area contributed by atoms with Gasteiger partial charge >= 0.3 is 5.97 Å². The maximum absolute atomic E-state index is 13.9. The molecule has 32 heavy (non-hydrogen) atoms. The zero-order valence-corrected chi connectivity index (χ0v) is 17.1. The molecule has 0 saturated carbocycles. The lowest BCUT2D eigenvalue weighted by Crippen LogP contribution is -2.16. The minimum atomic E-state index is -0.678. The lowest BCUT2D eigenvalue weighted by atomic mass is 10.2. The van der Waals surface area contributed by atoms with E-state index in [9.17, 15) is 18.4 Å². The second-order valence-electron chi connectivity index (χ2n) is 6.85. The lowest BCUT2D eigenvalue weighted by molar-refractivity contribution is 0.0591. The molecule has 0 unspecified atom stereocenters. The summed E-state index contributed by atoms with van der Waals surface area (Å²) >= 11 is 0. The normalized spacial score (nSPS) is 10.9. The van der Waals surface area contributed by atoms with Crippen molar-refractivity contribution in [2.75, 3.05) is 17.7 Å². The van der Waals surface area contributed by atoms with Crippen molar-refractivity contribution >= 4 is 34.3 Å². The van der Waals surface area contributed by atoms with Crippen LogP contribution < -0.4 is 10.6 Å². The quantitative estimate of drug-likeness (QED) is 0.438. The summed E-state index contributed by atoms with van der Waals surface area (Å²) in [6.45, 7) is -0.128. The first-order valence-electron chi connectivity index (χ1n) is 9.49. The molecule has 0 aliphatic heterocycles. The van der Waals surface area contributed by atoms with Crippen LogP contribution >= 0.6 is 0 Å². The van der Waals surface area contributed by atoms with Gasteiger partial charge in [0, 0.05) is 24.5 Å². The predicted molar refractivity (Wildman–Crippen MR) is 112 cm³/mol. The van der Waals surface area contributed by atoms with Gasteiger partial charge in [-0.25, -0.2) is 18.6 Å². The molecule has 10 heteroatoms. The smallest absolute Gasteiger partial charge is 0.356 e. The summed E-state index contributed by atoms with van der Waals surface area (Å²) in [5.41, 5.74) is 0.942. The van der Waals surface area contributed by atoms with E-state index in [1.165, 1.54) is 48.4 Å². The molecule has 0 aliphatic rings. The first kappa shape index (κ1) is 21.0. The molecule has 0 saturated heterocycles. The minimum Gasteiger partial charge on any atom is -0.464 e. The van der Waals surface area contributed by atoms with Crippen molar-refractivity contribution in [2.24, 2.45) is 7.05 Å². The first-order chi connectivity index (χ1) is 15.4. The predicted octanol–water partition coefficient (Wildman–Crippen LogP) is 4.10. The van der Waals surface area contributed by atoms with Gasteiger partial charge in [-0.05, 0) is 30.3 Å². The van der Waals surface area contributed by atoms with Crippen molar-refractivity contribution in [3.05, 3.63) is 77.5 Å². The Labute approximate surface area is 180 Å². The summed E-state index contributed by atoms with van der Waals surface area (Å²) in [7, 11) is 2.83. The second-order valence-corrected chi connectivity index (χ2v) is 6.85. The number of hydrogen-bond acceptors (Lipinski definition) is 6. The van der Waals surface area contributed by atoms with Crippen LogP contribution in [0.1, 0.15) is 26.6 Å². The Kier molecular flexibility index (Phi) is 5.59. The van der Waals surface area contributed by atoms with Gasteiger partial charge in [0.15, 0.2) is 11.5 Å². The summed E-state index contributed by atoms with van der Waals surface area (Å²) in [5.74, 6) is -2.55. The van der Waals surface area contributed by atoms with Crippen molar-refractivity contribution in [3.8, 4) is 0 Å². The summed E-state index contributed by atoms with van der Waals surface area (Å²) in [6, 6.07) is 8.28. The van der Waals surface area contributed by atoms with E-state index < -0.39 is 23.5 Å². The zero-order chi connectivity index (χ0) is 22.8. The average Bonchev–Trinajstić information content (AvgIpc) is 3.40. The van der Waals surface area contributed by atoms with Gasteiger partial charge in [-0.1, -0.05) is 6.07 Å². The topological polar surface area (TPSA) is 98.4 Å². The number of halogens is 2. The van der Waals surface area contributed by atoms with Gasteiger partial charge in [0.25, 0.3) is 5.91 Å². The lowest BCUT2D eigenvalue weighted by Gasteiger charge is -2.09. The van der Waals surface area contributed by atoms with E-state index in [1.54, 1.807) is 19.2 Å². The molecule has 1 aromatic carbocycles. The van der Waals surface area contributed by atoms with E-state index in [0.29, 0.717) is 16.7 Å². The number of furan rings is 1. The number of methoxy groups -OCH3 is 1. The number of pyridine rings is 1. The number of nitrogens with one attached hydrogen (secondary N) is 2. The summed E-state index contributed by atoms with van der Waals surface area (Å²) in [5, 5.41) is 6.01. The Morgan fingerprint density at radius 2 is 1.94 bits per heavy atom. The number of aromatic nitrogens is 2. The van der Waals surface area contributed by atoms with Crippen molar-refractivity contribution < 1.29 is 27.5 Å². The highest BCUT2D eigenvalue weighted by Crippen LogP contribution is 2.32. The van der Waals surface area contributed by atoms with E-state index in [4.69, 9.17) is 9.15 Å². The van der Waals surface area contributed by atoms with Crippen LogP contribution in [0, 0.1) is 11.6 Å². The van der Waals surface area contributed by atoms with Gasteiger partial charge in [-0.3, -0.25) is 4.79 Å². The third-order valence-corrected chi connectivity index (χ3v) is 4.92. The number of amides is 1. The largest absolute Gasteiger partial charge is 0.464 e. The summed E-state index contributed by atoms with van der Waals surface area (Å²) in [4.78, 5) is 29.3. The van der Waals surface area contributed by atoms with Gasteiger partial charge in [0.1, 0.15) is 17.3 Å². The van der Waals surface area contributed by atoms with E-state index in [2.05, 4.69) is 15.6 Å². The molecule has 0 bridgehead atoms. The van der Waals surface area contributed by atoms with Crippen molar-refractivity contribution in [1.29, 1.82) is 0 Å². The van der Waals surface area contributed by atoms with E-state index in [1.807, 2.05) is 0 Å². The fraction of sp³-hybridized carbons (Fsp3) is 0.136. The van der Waals surface area contributed by atoms with Crippen LogP contribution in [0.4, 0.5) is 20.2 Å². The van der Waals surface area contributed by atoms with Crippen LogP contribution in [0.2, 0.25) is 0 Å². The molecule has 0 fully saturated rings. The van der Waals surface area contributed by atoms with Crippen molar-refractivity contribution in [3.63, 3.8) is 0 Å². The maximum atomic E-state index is 13.9. The summed E-state index contributed by atoms with van der Waals surface area (Å²) in [6.07, 6.45) is 2.81. The van der Waals surface area contributed by atoms with Crippen molar-refractivity contribution in [1.82, 2.24) is 9.55 Å². The number of esters is 1. The Balaban J connectivity index is 1.73. The van der Waals surface area contributed by atoms with Crippen molar-refractivity contribution in [2.45, 2.75) is 6.54 Å². The van der Waals surface area contributed by atoms with Crippen LogP contribution in [-0.4, -0.2) is 28.5 Å². The molecule has 3 aromatic heterocycles. The van der Waals surface area contributed by atoms with E-state index in [-0.39, 0.29) is 29.2 Å². The third kappa shape index (κ3) is 3.78. The van der Waals surface area contributed by atoms with Crippen LogP contribution in [0.3, 0.4) is 0 Å². The zero-order valence-electron chi connectivity index (χ0n) is 17.1. The maximum Gasteiger partial charge on any atom is 0.356 e. The van der Waals surface area contributed by atoms with E-state index >= 15 is 0 Å². The standard InChI is InChI=1S/C22H18F2N4O4/c1-28-19(22(30)31-2)18(27-21(29)17-7-4-8-32-17)13-9-12(10-26-20(13)28)25-11-14-15(23)5-3-6-16(14)24/h3-10,25H,11H2,1-2H3,(H,27,29). The average molecular weight is 440 g/mol. The van der Waals surface area contributed by atoms with Crippen LogP contribution in [0.5, 0.6) is 0 Å². The Bertz CT molecular complexity index is 1300. The molecule has 164 valence electrons. The first-order valence-corrected chi connectivity index (χ1v) is 9.49. The summed E-state index contributed by atoms with van der Waals surface area (Å²) < 4.78 is 39.3. The highest BCUT2D eigenvalue weighted by molar-refractivity contribution is 6.14. The third-order valence-electron chi connectivity index (χ3n) is 4.92. The van der Waals surface area contributed by atoms with E-state index in [0.717, 1.165) is 0 Å². The highest BCUT2D eigenvalue weighted by Gasteiger charge is 2.25. The molecule has 2 N–H and O–H groups in total. The molecular formula is C22H18F2N4O4. The Morgan fingerprint density at radius 1 is 1.19 bits per heavy atom. The number of carbonyl (C=O) groups excluding carboxylic acids is 2. The number of benzene rings is 1. The van der Waals surface area contributed by atoms with Crippen LogP contribution in [0.15, 0.2) is 53.3 Å². The molecule has 0 aliphatic carbocycles.